The first-order valence-electron chi connectivity index (χ1n) is 10.5. The smallest absolute Gasteiger partial charge is 0.330 e. The van der Waals surface area contributed by atoms with Crippen molar-refractivity contribution in [3.63, 3.8) is 0 Å². The summed E-state index contributed by atoms with van der Waals surface area (Å²) in [7, 11) is 0. The molecule has 160 valence electrons. The molecule has 0 spiro atoms. The van der Waals surface area contributed by atoms with Crippen molar-refractivity contribution in [1.29, 1.82) is 0 Å². The first-order chi connectivity index (χ1) is 15.5. The monoisotopic (exact) mass is 428 g/mol. The molecule has 1 fully saturated rings. The van der Waals surface area contributed by atoms with Crippen LogP contribution in [0.15, 0.2) is 70.4 Å². The third-order valence-electron chi connectivity index (χ3n) is 6.44. The number of aromatic nitrogens is 2. The first kappa shape index (κ1) is 19.2. The van der Waals surface area contributed by atoms with E-state index in [2.05, 4.69) is 29.2 Å². The van der Waals surface area contributed by atoms with Gasteiger partial charge in [0.2, 0.25) is 0 Å². The average molecular weight is 428 g/mol. The van der Waals surface area contributed by atoms with Crippen LogP contribution in [-0.4, -0.2) is 38.6 Å². The number of aromatic amines is 1. The maximum atomic E-state index is 12.7. The molecule has 7 heteroatoms. The Morgan fingerprint density at radius 2 is 1.59 bits per heavy atom. The minimum Gasteiger partial charge on any atom is -0.394 e. The molecule has 32 heavy (non-hydrogen) atoms. The molecule has 1 aliphatic heterocycles. The number of aliphatic hydroxyl groups excluding tert-OH is 2. The van der Waals surface area contributed by atoms with Gasteiger partial charge in [-0.2, -0.15) is 0 Å². The first-order valence-corrected chi connectivity index (χ1v) is 10.5. The van der Waals surface area contributed by atoms with E-state index in [-0.39, 0.29) is 13.0 Å². The quantitative estimate of drug-likeness (QED) is 0.383. The van der Waals surface area contributed by atoms with E-state index in [1.165, 1.54) is 16.2 Å². The molecule has 4 aromatic carbocycles. The van der Waals surface area contributed by atoms with E-state index in [1.54, 1.807) is 0 Å². The maximum Gasteiger partial charge on any atom is 0.330 e. The van der Waals surface area contributed by atoms with Gasteiger partial charge in [0.25, 0.3) is 5.56 Å². The zero-order valence-corrected chi connectivity index (χ0v) is 17.0. The Bertz CT molecular complexity index is 1540. The molecular formula is C25H20N2O5. The van der Waals surface area contributed by atoms with Crippen molar-refractivity contribution in [1.82, 2.24) is 9.55 Å². The van der Waals surface area contributed by atoms with Gasteiger partial charge in [-0.3, -0.25) is 14.3 Å². The Morgan fingerprint density at radius 3 is 2.22 bits per heavy atom. The lowest BCUT2D eigenvalue weighted by atomic mass is 9.92. The van der Waals surface area contributed by atoms with Crippen molar-refractivity contribution in [3.05, 3.63) is 81.6 Å². The van der Waals surface area contributed by atoms with Crippen LogP contribution >= 0.6 is 0 Å². The number of hydrogen-bond donors (Lipinski definition) is 3. The van der Waals surface area contributed by atoms with Crippen molar-refractivity contribution in [3.8, 4) is 11.1 Å². The van der Waals surface area contributed by atoms with E-state index in [0.717, 1.165) is 26.9 Å². The number of H-pyrrole nitrogens is 1. The minimum atomic E-state index is -0.884. The van der Waals surface area contributed by atoms with Crippen molar-refractivity contribution in [2.24, 2.45) is 0 Å². The van der Waals surface area contributed by atoms with Crippen LogP contribution < -0.4 is 11.2 Å². The lowest BCUT2D eigenvalue weighted by Crippen LogP contribution is -2.33. The predicted molar refractivity (Wildman–Crippen MR) is 122 cm³/mol. The minimum absolute atomic E-state index is 0.150. The Labute approximate surface area is 181 Å². The summed E-state index contributed by atoms with van der Waals surface area (Å²) in [6.07, 6.45) is -0.789. The Balaban J connectivity index is 1.54. The third kappa shape index (κ3) is 2.79. The zero-order valence-electron chi connectivity index (χ0n) is 17.0. The summed E-state index contributed by atoms with van der Waals surface area (Å²) < 4.78 is 6.90. The maximum absolute atomic E-state index is 12.7. The molecule has 3 N–H and O–H groups in total. The lowest BCUT2D eigenvalue weighted by molar-refractivity contribution is -0.0458. The molecule has 0 aliphatic carbocycles. The number of benzene rings is 4. The van der Waals surface area contributed by atoms with Crippen molar-refractivity contribution in [2.45, 2.75) is 24.9 Å². The third-order valence-corrected chi connectivity index (χ3v) is 6.44. The van der Waals surface area contributed by atoms with Gasteiger partial charge in [-0.15, -0.1) is 0 Å². The molecule has 1 unspecified atom stereocenters. The van der Waals surface area contributed by atoms with Gasteiger partial charge in [0, 0.05) is 12.6 Å². The molecule has 0 bridgehead atoms. The van der Waals surface area contributed by atoms with E-state index in [0.29, 0.717) is 11.1 Å². The molecule has 6 rings (SSSR count). The highest BCUT2D eigenvalue weighted by atomic mass is 16.5. The topological polar surface area (TPSA) is 105 Å². The van der Waals surface area contributed by atoms with E-state index >= 15 is 0 Å². The number of nitrogens with one attached hydrogen (secondary N) is 1. The molecule has 0 radical (unpaired) electrons. The number of hydrogen-bond acceptors (Lipinski definition) is 5. The highest BCUT2D eigenvalue weighted by molar-refractivity contribution is 6.23. The van der Waals surface area contributed by atoms with Crippen LogP contribution in [0.25, 0.3) is 43.4 Å². The number of rotatable bonds is 3. The molecule has 2 heterocycles. The summed E-state index contributed by atoms with van der Waals surface area (Å²) in [4.78, 5) is 27.6. The molecule has 1 saturated heterocycles. The highest BCUT2D eigenvalue weighted by Crippen LogP contribution is 2.37. The van der Waals surface area contributed by atoms with Gasteiger partial charge in [0.15, 0.2) is 0 Å². The summed E-state index contributed by atoms with van der Waals surface area (Å²) in [5.74, 6) is 0. The van der Waals surface area contributed by atoms with Gasteiger partial charge in [-0.25, -0.2) is 4.79 Å². The summed E-state index contributed by atoms with van der Waals surface area (Å²) in [5, 5.41) is 26.1. The molecule has 5 aromatic rings. The standard InChI is InChI=1S/C25H20N2O5/c28-12-20-19(29)10-21(32-20)27-11-18(24(30)26-25(27)31)17-8-15-6-4-13-2-1-3-14-5-7-16(9-17)23(15)22(13)14/h1-9,11,19-21,28-29H,10,12H2,(H,26,30,31)/t19?,20-,21-/m1/s1. The zero-order chi connectivity index (χ0) is 22.0. The summed E-state index contributed by atoms with van der Waals surface area (Å²) in [6, 6.07) is 18.4. The van der Waals surface area contributed by atoms with Gasteiger partial charge < -0.3 is 14.9 Å². The second kappa shape index (κ2) is 7.00. The SMILES string of the molecule is O=c1[nH]c(=O)n([C@H]2CC(O)[C@@H](CO)O2)cc1-c1cc2ccc3cccc4ccc(c1)c2c34. The van der Waals surface area contributed by atoms with Crippen LogP contribution in [0, 0.1) is 0 Å². The molecule has 0 amide bonds. The van der Waals surface area contributed by atoms with Crippen LogP contribution in [0.2, 0.25) is 0 Å². The Hall–Kier alpha value is -3.52. The fourth-order valence-corrected chi connectivity index (χ4v) is 4.86. The normalized spacial score (nSPS) is 21.2. The molecule has 1 aliphatic rings. The Kier molecular flexibility index (Phi) is 4.19. The summed E-state index contributed by atoms with van der Waals surface area (Å²) in [5.41, 5.74) is -0.0905. The predicted octanol–water partition coefficient (Wildman–Crippen LogP) is 2.74. The number of ether oxygens (including phenoxy) is 1. The van der Waals surface area contributed by atoms with E-state index in [9.17, 15) is 19.8 Å². The molecular weight excluding hydrogens is 408 g/mol. The van der Waals surface area contributed by atoms with Crippen LogP contribution in [0.1, 0.15) is 12.6 Å². The van der Waals surface area contributed by atoms with E-state index < -0.39 is 29.7 Å². The second-order valence-corrected chi connectivity index (χ2v) is 8.33. The number of aliphatic hydroxyl groups is 2. The lowest BCUT2D eigenvalue weighted by Gasteiger charge is -2.16. The van der Waals surface area contributed by atoms with Gasteiger partial charge in [0.05, 0.1) is 18.3 Å². The second-order valence-electron chi connectivity index (χ2n) is 8.33. The molecule has 0 saturated carbocycles. The number of nitrogens with zero attached hydrogens (tertiary/aromatic N) is 1. The van der Waals surface area contributed by atoms with E-state index in [1.807, 2.05) is 30.3 Å². The fraction of sp³-hybridized carbons (Fsp3) is 0.200. The molecule has 1 aromatic heterocycles. The summed E-state index contributed by atoms with van der Waals surface area (Å²) in [6.45, 7) is -0.348. The van der Waals surface area contributed by atoms with Crippen LogP contribution in [-0.2, 0) is 4.74 Å². The van der Waals surface area contributed by atoms with Crippen molar-refractivity contribution < 1.29 is 14.9 Å². The average Bonchev–Trinajstić information content (AvgIpc) is 3.17. The van der Waals surface area contributed by atoms with Gasteiger partial charge in [-0.1, -0.05) is 42.5 Å². The fourth-order valence-electron chi connectivity index (χ4n) is 4.86. The molecule has 3 atom stereocenters. The van der Waals surface area contributed by atoms with E-state index in [4.69, 9.17) is 4.74 Å². The van der Waals surface area contributed by atoms with Gasteiger partial charge >= 0.3 is 5.69 Å². The summed E-state index contributed by atoms with van der Waals surface area (Å²) >= 11 is 0. The van der Waals surface area contributed by atoms with Crippen LogP contribution in [0.4, 0.5) is 0 Å². The van der Waals surface area contributed by atoms with Crippen molar-refractivity contribution in [2.75, 3.05) is 6.61 Å². The molecule has 7 nitrogen and oxygen atoms in total. The highest BCUT2D eigenvalue weighted by Gasteiger charge is 2.35. The van der Waals surface area contributed by atoms with Crippen molar-refractivity contribution >= 4 is 32.3 Å². The van der Waals surface area contributed by atoms with Gasteiger partial charge in [0.1, 0.15) is 12.3 Å². The van der Waals surface area contributed by atoms with Crippen LogP contribution in [0.5, 0.6) is 0 Å². The van der Waals surface area contributed by atoms with Crippen LogP contribution in [0.3, 0.4) is 0 Å². The largest absolute Gasteiger partial charge is 0.394 e. The van der Waals surface area contributed by atoms with Gasteiger partial charge in [-0.05, 0) is 50.0 Å². The Morgan fingerprint density at radius 1 is 0.969 bits per heavy atom.